The van der Waals surface area contributed by atoms with Crippen molar-refractivity contribution in [2.24, 2.45) is 0 Å². The van der Waals surface area contributed by atoms with Crippen molar-refractivity contribution in [2.75, 3.05) is 23.7 Å². The van der Waals surface area contributed by atoms with Crippen molar-refractivity contribution < 1.29 is 0 Å². The third-order valence-electron chi connectivity index (χ3n) is 4.77. The van der Waals surface area contributed by atoms with Crippen LogP contribution in [0.25, 0.3) is 0 Å². The molecule has 1 aromatic rings. The van der Waals surface area contributed by atoms with Crippen LogP contribution < -0.4 is 10.6 Å². The van der Waals surface area contributed by atoms with Gasteiger partial charge in [-0.2, -0.15) is 15.0 Å². The number of anilines is 2. The van der Waals surface area contributed by atoms with E-state index in [0.29, 0.717) is 11.9 Å². The summed E-state index contributed by atoms with van der Waals surface area (Å²) in [6, 6.07) is 0. The average Bonchev–Trinajstić information content (AvgIpc) is 2.92. The van der Waals surface area contributed by atoms with E-state index in [1.165, 1.54) is 64.2 Å². The smallest absolute Gasteiger partial charge is 0.230 e. The number of rotatable bonds is 2. The monoisotopic (exact) mass is 289 g/mol. The summed E-state index contributed by atoms with van der Waals surface area (Å²) < 4.78 is 0. The van der Waals surface area contributed by atoms with E-state index in [2.05, 4.69) is 14.9 Å². The van der Waals surface area contributed by atoms with Gasteiger partial charge in [-0.05, 0) is 25.7 Å². The molecule has 2 heterocycles. The van der Waals surface area contributed by atoms with E-state index in [-0.39, 0.29) is 0 Å². The van der Waals surface area contributed by atoms with Crippen LogP contribution in [0.4, 0.5) is 11.9 Å². The van der Waals surface area contributed by atoms with E-state index >= 15 is 0 Å². The summed E-state index contributed by atoms with van der Waals surface area (Å²) in [5, 5.41) is 0. The van der Waals surface area contributed by atoms with E-state index in [1.807, 2.05) is 0 Å². The molecule has 5 nitrogen and oxygen atoms in total. The molecule has 1 saturated heterocycles. The van der Waals surface area contributed by atoms with Crippen molar-refractivity contribution in [1.82, 2.24) is 15.0 Å². The van der Waals surface area contributed by atoms with Gasteiger partial charge in [0.1, 0.15) is 5.82 Å². The highest BCUT2D eigenvalue weighted by atomic mass is 15.3. The Morgan fingerprint density at radius 1 is 0.762 bits per heavy atom. The van der Waals surface area contributed by atoms with Crippen LogP contribution in [0.2, 0.25) is 0 Å². The van der Waals surface area contributed by atoms with E-state index < -0.39 is 0 Å². The minimum atomic E-state index is 0.392. The summed E-state index contributed by atoms with van der Waals surface area (Å²) in [5.74, 6) is 2.61. The summed E-state index contributed by atoms with van der Waals surface area (Å²) in [4.78, 5) is 15.9. The van der Waals surface area contributed by atoms with Gasteiger partial charge in [0.15, 0.2) is 0 Å². The lowest BCUT2D eigenvalue weighted by Crippen LogP contribution is -2.27. The lowest BCUT2D eigenvalue weighted by molar-refractivity contribution is 0.557. The molecule has 0 radical (unpaired) electrons. The maximum absolute atomic E-state index is 5.96. The summed E-state index contributed by atoms with van der Waals surface area (Å²) in [7, 11) is 0. The van der Waals surface area contributed by atoms with Gasteiger partial charge in [-0.25, -0.2) is 0 Å². The Kier molecular flexibility index (Phi) is 4.88. The molecule has 2 fully saturated rings. The number of nitrogen functional groups attached to an aromatic ring is 1. The van der Waals surface area contributed by atoms with E-state index in [9.17, 15) is 0 Å². The molecule has 1 aliphatic carbocycles. The van der Waals surface area contributed by atoms with Crippen LogP contribution in [-0.4, -0.2) is 28.0 Å². The van der Waals surface area contributed by atoms with E-state index in [1.54, 1.807) is 0 Å². The van der Waals surface area contributed by atoms with E-state index in [4.69, 9.17) is 10.7 Å². The minimum Gasteiger partial charge on any atom is -0.368 e. The Morgan fingerprint density at radius 3 is 2.05 bits per heavy atom. The van der Waals surface area contributed by atoms with Gasteiger partial charge in [-0.3, -0.25) is 0 Å². The number of hydrogen-bond donors (Lipinski definition) is 1. The fraction of sp³-hybridized carbons (Fsp3) is 0.812. The number of aromatic nitrogens is 3. The molecule has 5 heteroatoms. The fourth-order valence-corrected chi connectivity index (χ4v) is 3.53. The first-order chi connectivity index (χ1) is 10.3. The predicted octanol–water partition coefficient (Wildman–Crippen LogP) is 3.27. The lowest BCUT2D eigenvalue weighted by Gasteiger charge is -2.22. The maximum atomic E-state index is 5.96. The van der Waals surface area contributed by atoms with Crippen LogP contribution in [0.1, 0.15) is 76.0 Å². The number of nitrogens with zero attached hydrogens (tertiary/aromatic N) is 4. The predicted molar refractivity (Wildman–Crippen MR) is 85.4 cm³/mol. The van der Waals surface area contributed by atoms with Crippen molar-refractivity contribution in [3.63, 3.8) is 0 Å². The Bertz CT molecular complexity index is 408. The van der Waals surface area contributed by atoms with Crippen LogP contribution in [0.15, 0.2) is 0 Å². The molecule has 1 aliphatic heterocycles. The second-order valence-corrected chi connectivity index (χ2v) is 6.44. The molecule has 0 aromatic carbocycles. The summed E-state index contributed by atoms with van der Waals surface area (Å²) in [6.07, 6.45) is 12.7. The van der Waals surface area contributed by atoms with Gasteiger partial charge in [0.2, 0.25) is 11.9 Å². The highest BCUT2D eigenvalue weighted by Crippen LogP contribution is 2.30. The zero-order valence-electron chi connectivity index (χ0n) is 12.9. The molecule has 1 saturated carbocycles. The molecule has 0 spiro atoms. The summed E-state index contributed by atoms with van der Waals surface area (Å²) >= 11 is 0. The molecular weight excluding hydrogens is 262 g/mol. The Labute approximate surface area is 127 Å². The number of nitrogens with two attached hydrogens (primary N) is 1. The Balaban J connectivity index is 1.80. The normalized spacial score (nSPS) is 21.8. The van der Waals surface area contributed by atoms with Crippen molar-refractivity contribution in [1.29, 1.82) is 0 Å². The largest absolute Gasteiger partial charge is 0.368 e. The van der Waals surface area contributed by atoms with Crippen molar-refractivity contribution in [2.45, 2.75) is 70.1 Å². The molecule has 1 aromatic heterocycles. The molecule has 0 amide bonds. The molecule has 21 heavy (non-hydrogen) atoms. The van der Waals surface area contributed by atoms with Crippen LogP contribution in [0.3, 0.4) is 0 Å². The maximum Gasteiger partial charge on any atom is 0.230 e. The molecule has 2 aliphatic rings. The van der Waals surface area contributed by atoms with Gasteiger partial charge < -0.3 is 10.6 Å². The van der Waals surface area contributed by atoms with Crippen LogP contribution in [0, 0.1) is 0 Å². The fourth-order valence-electron chi connectivity index (χ4n) is 3.53. The summed E-state index contributed by atoms with van der Waals surface area (Å²) in [6.45, 7) is 2.10. The minimum absolute atomic E-state index is 0.392. The second kappa shape index (κ2) is 7.05. The second-order valence-electron chi connectivity index (χ2n) is 6.44. The standard InChI is InChI=1S/C16H27N5/c17-15-18-14(13-9-5-1-2-6-10-13)19-16(20-15)21-11-7-3-4-8-12-21/h13H,1-12H2,(H2,17,18,19,20). The first-order valence-electron chi connectivity index (χ1n) is 8.59. The average molecular weight is 289 g/mol. The Morgan fingerprint density at radius 2 is 1.38 bits per heavy atom. The van der Waals surface area contributed by atoms with Gasteiger partial charge in [0.25, 0.3) is 0 Å². The first kappa shape index (κ1) is 14.5. The molecule has 0 bridgehead atoms. The van der Waals surface area contributed by atoms with Gasteiger partial charge in [0.05, 0.1) is 0 Å². The first-order valence-corrected chi connectivity index (χ1v) is 8.59. The van der Waals surface area contributed by atoms with Crippen LogP contribution >= 0.6 is 0 Å². The number of hydrogen-bond acceptors (Lipinski definition) is 5. The SMILES string of the molecule is Nc1nc(C2CCCCCC2)nc(N2CCCCCC2)n1. The topological polar surface area (TPSA) is 67.9 Å². The third-order valence-corrected chi connectivity index (χ3v) is 4.77. The molecule has 2 N–H and O–H groups in total. The molecular formula is C16H27N5. The highest BCUT2D eigenvalue weighted by molar-refractivity contribution is 5.35. The molecule has 116 valence electrons. The van der Waals surface area contributed by atoms with Crippen molar-refractivity contribution >= 4 is 11.9 Å². The quantitative estimate of drug-likeness (QED) is 0.846. The van der Waals surface area contributed by atoms with Gasteiger partial charge in [-0.15, -0.1) is 0 Å². The van der Waals surface area contributed by atoms with Gasteiger partial charge >= 0.3 is 0 Å². The molecule has 3 rings (SSSR count). The van der Waals surface area contributed by atoms with Gasteiger partial charge in [0, 0.05) is 19.0 Å². The highest BCUT2D eigenvalue weighted by Gasteiger charge is 2.21. The zero-order valence-corrected chi connectivity index (χ0v) is 12.9. The van der Waals surface area contributed by atoms with E-state index in [0.717, 1.165) is 24.9 Å². The Hall–Kier alpha value is -1.39. The summed E-state index contributed by atoms with van der Waals surface area (Å²) in [5.41, 5.74) is 5.96. The van der Waals surface area contributed by atoms with Crippen molar-refractivity contribution in [3.8, 4) is 0 Å². The lowest BCUT2D eigenvalue weighted by atomic mass is 10.00. The third kappa shape index (κ3) is 3.83. The zero-order chi connectivity index (χ0) is 14.5. The van der Waals surface area contributed by atoms with Crippen LogP contribution in [-0.2, 0) is 0 Å². The van der Waals surface area contributed by atoms with Gasteiger partial charge in [-0.1, -0.05) is 38.5 Å². The van der Waals surface area contributed by atoms with Crippen molar-refractivity contribution in [3.05, 3.63) is 5.82 Å². The van der Waals surface area contributed by atoms with Crippen LogP contribution in [0.5, 0.6) is 0 Å². The molecule has 0 atom stereocenters. The molecule has 0 unspecified atom stereocenters.